The maximum absolute atomic E-state index is 6.59. The van der Waals surface area contributed by atoms with Gasteiger partial charge in [-0.15, -0.1) is 0 Å². The van der Waals surface area contributed by atoms with Crippen molar-refractivity contribution in [2.24, 2.45) is 0 Å². The van der Waals surface area contributed by atoms with Crippen LogP contribution in [0.4, 0.5) is 0 Å². The lowest BCUT2D eigenvalue weighted by Crippen LogP contribution is -2.67. The van der Waals surface area contributed by atoms with Gasteiger partial charge in [0, 0.05) is 25.2 Å². The minimum absolute atomic E-state index is 0.162. The van der Waals surface area contributed by atoms with E-state index in [1.165, 1.54) is 5.56 Å². The summed E-state index contributed by atoms with van der Waals surface area (Å²) in [5.74, 6) is -1.33. The second-order valence-electron chi connectivity index (χ2n) is 9.07. The Kier molecular flexibility index (Phi) is 8.69. The molecule has 0 aliphatic carbocycles. The summed E-state index contributed by atoms with van der Waals surface area (Å²) in [6.07, 6.45) is 0.108. The molecule has 2 aromatic rings. The molecule has 0 N–H and O–H groups in total. The maximum Gasteiger partial charge on any atom is 0.220 e. The fourth-order valence-electron chi connectivity index (χ4n) is 4.44. The second kappa shape index (κ2) is 11.5. The Labute approximate surface area is 207 Å². The Balaban J connectivity index is 1.47. The average Bonchev–Trinajstić information content (AvgIpc) is 3.02. The molecule has 6 nitrogen and oxygen atoms in total. The third kappa shape index (κ3) is 5.85. The van der Waals surface area contributed by atoms with Crippen LogP contribution in [-0.4, -0.2) is 61.7 Å². The number of fused-ring (bicyclic) bond motifs is 1. The van der Waals surface area contributed by atoms with Gasteiger partial charge >= 0.3 is 0 Å². The molecule has 2 aliphatic rings. The third-order valence-electron chi connectivity index (χ3n) is 6.79. The minimum atomic E-state index is -1.06. The van der Waals surface area contributed by atoms with Crippen LogP contribution in [0.15, 0.2) is 60.7 Å². The van der Waals surface area contributed by atoms with E-state index in [9.17, 15) is 0 Å². The summed E-state index contributed by atoms with van der Waals surface area (Å²) in [6, 6.07) is 20.4. The smallest absolute Gasteiger partial charge is 0.220 e. The largest absolute Gasteiger partial charge is 0.376 e. The zero-order chi connectivity index (χ0) is 24.0. The molecular weight excluding hydrogens is 452 g/mol. The molecule has 2 aromatic carbocycles. The summed E-state index contributed by atoms with van der Waals surface area (Å²) in [6.45, 7) is 5.46. The molecule has 2 heterocycles. The SMILES string of the molecule is CO[C@@]1(C)O[C@@H]2[C@@H](OCc3ccccc3)CS[C@H](COCc3ccccc3)C[C@H]2O[C@]1(C)OC. The van der Waals surface area contributed by atoms with Gasteiger partial charge in [0.25, 0.3) is 0 Å². The number of thioether (sulfide) groups is 1. The molecule has 7 heteroatoms. The third-order valence-corrected chi connectivity index (χ3v) is 8.11. The fourth-order valence-corrected chi connectivity index (χ4v) is 5.71. The van der Waals surface area contributed by atoms with E-state index in [1.807, 2.05) is 62.0 Å². The van der Waals surface area contributed by atoms with Gasteiger partial charge < -0.3 is 28.4 Å². The van der Waals surface area contributed by atoms with E-state index >= 15 is 0 Å². The highest BCUT2D eigenvalue weighted by Crippen LogP contribution is 2.44. The highest BCUT2D eigenvalue weighted by Gasteiger charge is 2.58. The van der Waals surface area contributed by atoms with Crippen LogP contribution < -0.4 is 0 Å². The van der Waals surface area contributed by atoms with Crippen molar-refractivity contribution in [3.8, 4) is 0 Å². The predicted molar refractivity (Wildman–Crippen MR) is 133 cm³/mol. The zero-order valence-corrected chi connectivity index (χ0v) is 21.3. The van der Waals surface area contributed by atoms with Gasteiger partial charge in [-0.25, -0.2) is 0 Å². The van der Waals surface area contributed by atoms with Crippen molar-refractivity contribution in [1.29, 1.82) is 0 Å². The molecule has 0 amide bonds. The van der Waals surface area contributed by atoms with E-state index < -0.39 is 11.6 Å². The van der Waals surface area contributed by atoms with Gasteiger partial charge in [0.2, 0.25) is 11.6 Å². The van der Waals surface area contributed by atoms with Crippen LogP contribution in [0.25, 0.3) is 0 Å². The molecule has 0 unspecified atom stereocenters. The van der Waals surface area contributed by atoms with E-state index in [-0.39, 0.29) is 23.6 Å². The van der Waals surface area contributed by atoms with Gasteiger partial charge in [0.05, 0.1) is 32.0 Å². The molecular formula is C27H36O6S. The first-order valence-electron chi connectivity index (χ1n) is 11.8. The Morgan fingerprint density at radius 3 is 2.06 bits per heavy atom. The highest BCUT2D eigenvalue weighted by atomic mass is 32.2. The van der Waals surface area contributed by atoms with Crippen LogP contribution in [0.1, 0.15) is 31.4 Å². The summed E-state index contributed by atoms with van der Waals surface area (Å²) < 4.78 is 37.2. The van der Waals surface area contributed by atoms with Gasteiger partial charge in [-0.2, -0.15) is 11.8 Å². The van der Waals surface area contributed by atoms with Crippen molar-refractivity contribution < 1.29 is 28.4 Å². The topological polar surface area (TPSA) is 55.4 Å². The molecule has 6 atom stereocenters. The summed E-state index contributed by atoms with van der Waals surface area (Å²) in [4.78, 5) is 0. The molecule has 186 valence electrons. The van der Waals surface area contributed by atoms with E-state index in [1.54, 1.807) is 14.2 Å². The lowest BCUT2D eigenvalue weighted by atomic mass is 9.97. The van der Waals surface area contributed by atoms with E-state index in [0.29, 0.717) is 19.8 Å². The molecule has 0 saturated carbocycles. The Hall–Kier alpha value is -1.45. The minimum Gasteiger partial charge on any atom is -0.376 e. The fraction of sp³-hybridized carbons (Fsp3) is 0.556. The molecule has 0 radical (unpaired) electrons. The van der Waals surface area contributed by atoms with Crippen molar-refractivity contribution in [3.05, 3.63) is 71.8 Å². The number of rotatable bonds is 9. The highest BCUT2D eigenvalue weighted by molar-refractivity contribution is 8.00. The first-order chi connectivity index (χ1) is 16.5. The average molecular weight is 489 g/mol. The number of benzene rings is 2. The van der Waals surface area contributed by atoms with Crippen molar-refractivity contribution in [1.82, 2.24) is 0 Å². The van der Waals surface area contributed by atoms with Crippen molar-refractivity contribution in [3.63, 3.8) is 0 Å². The van der Waals surface area contributed by atoms with Crippen LogP contribution in [0.2, 0.25) is 0 Å². The standard InChI is InChI=1S/C27H36O6S/c1-26(28-3)27(2,29-4)33-25-23(32-26)15-22(18-30-16-20-11-7-5-8-12-20)34-19-24(25)31-17-21-13-9-6-10-14-21/h5-14,22-25H,15-19H2,1-4H3/t22-,23+,24-,25-,26-,27-/m0/s1. The van der Waals surface area contributed by atoms with Crippen molar-refractivity contribution >= 4 is 11.8 Å². The maximum atomic E-state index is 6.59. The lowest BCUT2D eigenvalue weighted by Gasteiger charge is -2.53. The Morgan fingerprint density at radius 1 is 0.853 bits per heavy atom. The molecule has 0 bridgehead atoms. The van der Waals surface area contributed by atoms with Crippen LogP contribution in [-0.2, 0) is 41.6 Å². The number of hydrogen-bond acceptors (Lipinski definition) is 7. The second-order valence-corrected chi connectivity index (χ2v) is 10.4. The Bertz CT molecular complexity index is 883. The summed E-state index contributed by atoms with van der Waals surface area (Å²) >= 11 is 1.85. The summed E-state index contributed by atoms with van der Waals surface area (Å²) in [7, 11) is 3.24. The van der Waals surface area contributed by atoms with Crippen LogP contribution in [0.3, 0.4) is 0 Å². The van der Waals surface area contributed by atoms with Crippen LogP contribution >= 0.6 is 11.8 Å². The monoisotopic (exact) mass is 488 g/mol. The van der Waals surface area contributed by atoms with Gasteiger partial charge in [0.15, 0.2) is 0 Å². The molecule has 34 heavy (non-hydrogen) atoms. The predicted octanol–water partition coefficient (Wildman–Crippen LogP) is 4.80. The van der Waals surface area contributed by atoms with E-state index in [4.69, 9.17) is 28.4 Å². The van der Waals surface area contributed by atoms with Crippen LogP contribution in [0.5, 0.6) is 0 Å². The first kappa shape index (κ1) is 25.6. The quantitative estimate of drug-likeness (QED) is 0.502. The number of ether oxygens (including phenoxy) is 6. The summed E-state index contributed by atoms with van der Waals surface area (Å²) in [5.41, 5.74) is 2.30. The molecule has 4 rings (SSSR count). The van der Waals surface area contributed by atoms with Crippen molar-refractivity contribution in [2.75, 3.05) is 26.6 Å². The van der Waals surface area contributed by atoms with E-state index in [2.05, 4.69) is 24.3 Å². The normalized spacial score (nSPS) is 33.8. The summed E-state index contributed by atoms with van der Waals surface area (Å²) in [5, 5.41) is 0.248. The lowest BCUT2D eigenvalue weighted by molar-refractivity contribution is -0.454. The van der Waals surface area contributed by atoms with Gasteiger partial charge in [-0.05, 0) is 31.4 Å². The molecule has 2 saturated heterocycles. The molecule has 0 spiro atoms. The first-order valence-corrected chi connectivity index (χ1v) is 12.9. The number of methoxy groups -OCH3 is 2. The van der Waals surface area contributed by atoms with E-state index in [0.717, 1.165) is 17.7 Å². The zero-order valence-electron chi connectivity index (χ0n) is 20.5. The molecule has 0 aromatic heterocycles. The number of hydrogen-bond donors (Lipinski definition) is 0. The van der Waals surface area contributed by atoms with Crippen LogP contribution in [0, 0.1) is 0 Å². The molecule has 2 fully saturated rings. The Morgan fingerprint density at radius 2 is 1.44 bits per heavy atom. The van der Waals surface area contributed by atoms with Gasteiger partial charge in [-0.1, -0.05) is 60.7 Å². The van der Waals surface area contributed by atoms with Crippen molar-refractivity contribution in [2.45, 2.75) is 68.6 Å². The molecule has 2 aliphatic heterocycles. The van der Waals surface area contributed by atoms with Gasteiger partial charge in [0.1, 0.15) is 6.10 Å². The van der Waals surface area contributed by atoms with Gasteiger partial charge in [-0.3, -0.25) is 0 Å².